The quantitative estimate of drug-likeness (QED) is 0.874. The van der Waals surface area contributed by atoms with E-state index >= 15 is 0 Å². The minimum absolute atomic E-state index is 0. The first-order chi connectivity index (χ1) is 8.49. The fraction of sp³-hybridized carbons (Fsp3) is 0.500. The lowest BCUT2D eigenvalue weighted by molar-refractivity contribution is -0.125. The highest BCUT2D eigenvalue weighted by atomic mass is 35.5. The zero-order valence-electron chi connectivity index (χ0n) is 11.6. The molecule has 0 radical (unpaired) electrons. The Morgan fingerprint density at radius 1 is 1.37 bits per heavy atom. The maximum Gasteiger partial charge on any atom is 0.231 e. The maximum atomic E-state index is 13.1. The lowest BCUT2D eigenvalue weighted by atomic mass is 9.81. The zero-order valence-corrected chi connectivity index (χ0v) is 12.4. The van der Waals surface area contributed by atoms with Gasteiger partial charge in [0, 0.05) is 12.2 Å². The molecule has 0 bridgehead atoms. The third-order valence-corrected chi connectivity index (χ3v) is 3.64. The van der Waals surface area contributed by atoms with Crippen molar-refractivity contribution in [3.05, 3.63) is 29.6 Å². The molecule has 0 aliphatic rings. The highest BCUT2D eigenvalue weighted by molar-refractivity contribution is 5.95. The van der Waals surface area contributed by atoms with Crippen LogP contribution >= 0.6 is 12.4 Å². The van der Waals surface area contributed by atoms with Gasteiger partial charge in [-0.05, 0) is 43.5 Å². The third kappa shape index (κ3) is 3.91. The number of nitrogens with two attached hydrogens (primary N) is 1. The van der Waals surface area contributed by atoms with Gasteiger partial charge in [-0.25, -0.2) is 4.39 Å². The lowest BCUT2D eigenvalue weighted by Crippen LogP contribution is -2.41. The molecular formula is C14H22ClFN2O. The number of carbonyl (C=O) groups is 1. The Morgan fingerprint density at radius 3 is 2.37 bits per heavy atom. The van der Waals surface area contributed by atoms with Crippen molar-refractivity contribution in [3.63, 3.8) is 0 Å². The number of hydrogen-bond acceptors (Lipinski definition) is 2. The number of aryl methyl sites for hydroxylation is 1. The normalized spacial score (nSPS) is 10.8. The van der Waals surface area contributed by atoms with Gasteiger partial charge in [0.1, 0.15) is 5.82 Å². The van der Waals surface area contributed by atoms with Crippen LogP contribution in [0.4, 0.5) is 10.1 Å². The molecule has 1 aromatic carbocycles. The predicted octanol–water partition coefficient (Wildman–Crippen LogP) is 3.26. The molecule has 0 fully saturated rings. The highest BCUT2D eigenvalue weighted by Gasteiger charge is 2.33. The van der Waals surface area contributed by atoms with Crippen LogP contribution in [0.5, 0.6) is 0 Å². The second kappa shape index (κ2) is 7.46. The van der Waals surface area contributed by atoms with Gasteiger partial charge in [0.15, 0.2) is 0 Å². The first-order valence-corrected chi connectivity index (χ1v) is 6.26. The molecule has 0 saturated carbocycles. The van der Waals surface area contributed by atoms with Crippen LogP contribution in [-0.2, 0) is 4.79 Å². The Bertz CT molecular complexity index is 425. The Hall–Kier alpha value is -1.13. The van der Waals surface area contributed by atoms with Crippen LogP contribution in [0.25, 0.3) is 0 Å². The molecule has 3 N–H and O–H groups in total. The predicted molar refractivity (Wildman–Crippen MR) is 79.1 cm³/mol. The van der Waals surface area contributed by atoms with E-state index in [1.165, 1.54) is 6.07 Å². The van der Waals surface area contributed by atoms with Crippen LogP contribution in [0.2, 0.25) is 0 Å². The van der Waals surface area contributed by atoms with E-state index in [2.05, 4.69) is 5.32 Å². The van der Waals surface area contributed by atoms with E-state index in [4.69, 9.17) is 5.73 Å². The molecule has 0 aromatic heterocycles. The molecule has 0 aliphatic carbocycles. The SMILES string of the molecule is CCC(CC)(CN)C(=O)Nc1ccc(F)c(C)c1.Cl. The van der Waals surface area contributed by atoms with E-state index in [9.17, 15) is 9.18 Å². The number of nitrogens with one attached hydrogen (secondary N) is 1. The molecular weight excluding hydrogens is 267 g/mol. The van der Waals surface area contributed by atoms with Gasteiger partial charge >= 0.3 is 0 Å². The van der Waals surface area contributed by atoms with E-state index in [0.717, 1.165) is 0 Å². The minimum atomic E-state index is -0.539. The summed E-state index contributed by atoms with van der Waals surface area (Å²) < 4.78 is 13.1. The van der Waals surface area contributed by atoms with Crippen LogP contribution in [0.15, 0.2) is 18.2 Å². The standard InChI is InChI=1S/C14H21FN2O.ClH/c1-4-14(5-2,9-16)13(18)17-11-6-7-12(15)10(3)8-11;/h6-8H,4-5,9,16H2,1-3H3,(H,17,18);1H. The van der Waals surface area contributed by atoms with Gasteiger partial charge in [-0.1, -0.05) is 13.8 Å². The lowest BCUT2D eigenvalue weighted by Gasteiger charge is -2.28. The van der Waals surface area contributed by atoms with Crippen molar-refractivity contribution < 1.29 is 9.18 Å². The molecule has 0 aliphatic heterocycles. The van der Waals surface area contributed by atoms with E-state index < -0.39 is 5.41 Å². The number of hydrogen-bond donors (Lipinski definition) is 2. The van der Waals surface area contributed by atoms with Gasteiger partial charge < -0.3 is 11.1 Å². The molecule has 0 atom stereocenters. The third-order valence-electron chi connectivity index (χ3n) is 3.64. The Labute approximate surface area is 120 Å². The fourth-order valence-corrected chi connectivity index (χ4v) is 1.94. The summed E-state index contributed by atoms with van der Waals surface area (Å²) in [5.41, 5.74) is 6.30. The largest absolute Gasteiger partial charge is 0.329 e. The molecule has 3 nitrogen and oxygen atoms in total. The Kier molecular flexibility index (Phi) is 7.01. The van der Waals surface area contributed by atoms with E-state index in [-0.39, 0.29) is 24.1 Å². The van der Waals surface area contributed by atoms with Crippen LogP contribution in [-0.4, -0.2) is 12.5 Å². The van der Waals surface area contributed by atoms with Crippen molar-refractivity contribution >= 4 is 24.0 Å². The smallest absolute Gasteiger partial charge is 0.231 e. The molecule has 0 saturated heterocycles. The van der Waals surface area contributed by atoms with Crippen LogP contribution in [0.3, 0.4) is 0 Å². The Balaban J connectivity index is 0.00000324. The molecule has 19 heavy (non-hydrogen) atoms. The van der Waals surface area contributed by atoms with Gasteiger partial charge in [-0.15, -0.1) is 12.4 Å². The zero-order chi connectivity index (χ0) is 13.8. The topological polar surface area (TPSA) is 55.1 Å². The molecule has 1 aromatic rings. The van der Waals surface area contributed by atoms with Crippen molar-refractivity contribution in [2.75, 3.05) is 11.9 Å². The summed E-state index contributed by atoms with van der Waals surface area (Å²) >= 11 is 0. The maximum absolute atomic E-state index is 13.1. The van der Waals surface area contributed by atoms with Crippen molar-refractivity contribution in [2.45, 2.75) is 33.6 Å². The molecule has 1 rings (SSSR count). The number of rotatable bonds is 5. The first kappa shape index (κ1) is 17.9. The molecule has 1 amide bonds. The number of halogens is 2. The number of benzene rings is 1. The van der Waals surface area contributed by atoms with Crippen molar-refractivity contribution in [1.82, 2.24) is 0 Å². The molecule has 0 unspecified atom stereocenters. The first-order valence-electron chi connectivity index (χ1n) is 6.26. The summed E-state index contributed by atoms with van der Waals surface area (Å²) in [7, 11) is 0. The van der Waals surface area contributed by atoms with Crippen molar-refractivity contribution in [2.24, 2.45) is 11.1 Å². The fourth-order valence-electron chi connectivity index (χ4n) is 1.94. The van der Waals surface area contributed by atoms with Crippen LogP contribution in [0, 0.1) is 18.2 Å². The summed E-state index contributed by atoms with van der Waals surface area (Å²) in [6.45, 7) is 5.88. The average molecular weight is 289 g/mol. The highest BCUT2D eigenvalue weighted by Crippen LogP contribution is 2.27. The second-order valence-electron chi connectivity index (χ2n) is 4.61. The number of amides is 1. The van der Waals surface area contributed by atoms with E-state index in [1.54, 1.807) is 19.1 Å². The molecule has 0 heterocycles. The monoisotopic (exact) mass is 288 g/mol. The van der Waals surface area contributed by atoms with Crippen LogP contribution in [0.1, 0.15) is 32.3 Å². The molecule has 5 heteroatoms. The van der Waals surface area contributed by atoms with Gasteiger partial charge in [-0.3, -0.25) is 4.79 Å². The summed E-state index contributed by atoms with van der Waals surface area (Å²) in [5.74, 6) is -0.370. The minimum Gasteiger partial charge on any atom is -0.329 e. The van der Waals surface area contributed by atoms with Crippen molar-refractivity contribution in [1.29, 1.82) is 0 Å². The number of anilines is 1. The summed E-state index contributed by atoms with van der Waals surface area (Å²) in [4.78, 5) is 12.2. The Morgan fingerprint density at radius 2 is 1.95 bits per heavy atom. The van der Waals surface area contributed by atoms with Gasteiger partial charge in [0.05, 0.1) is 5.41 Å². The van der Waals surface area contributed by atoms with Gasteiger partial charge in [-0.2, -0.15) is 0 Å². The van der Waals surface area contributed by atoms with Crippen LogP contribution < -0.4 is 11.1 Å². The van der Waals surface area contributed by atoms with Gasteiger partial charge in [0.25, 0.3) is 0 Å². The average Bonchev–Trinajstić information content (AvgIpc) is 2.37. The molecule has 108 valence electrons. The second-order valence-corrected chi connectivity index (χ2v) is 4.61. The summed E-state index contributed by atoms with van der Waals surface area (Å²) in [5, 5.41) is 2.82. The van der Waals surface area contributed by atoms with Gasteiger partial charge in [0.2, 0.25) is 5.91 Å². The molecule has 0 spiro atoms. The summed E-state index contributed by atoms with van der Waals surface area (Å²) in [6, 6.07) is 4.54. The number of carbonyl (C=O) groups excluding carboxylic acids is 1. The van der Waals surface area contributed by atoms with E-state index in [0.29, 0.717) is 30.6 Å². The van der Waals surface area contributed by atoms with Crippen molar-refractivity contribution in [3.8, 4) is 0 Å². The summed E-state index contributed by atoms with van der Waals surface area (Å²) in [6.07, 6.45) is 1.37. The van der Waals surface area contributed by atoms with E-state index in [1.807, 2.05) is 13.8 Å².